The second-order valence-electron chi connectivity index (χ2n) is 5.53. The van der Waals surface area contributed by atoms with Gasteiger partial charge in [-0.3, -0.25) is 0 Å². The van der Waals surface area contributed by atoms with Gasteiger partial charge in [-0.25, -0.2) is 0 Å². The van der Waals surface area contributed by atoms with Gasteiger partial charge in [0.15, 0.2) is 0 Å². The molecule has 118 valence electrons. The molecule has 0 aliphatic heterocycles. The second-order valence-corrected chi connectivity index (χ2v) is 13.9. The Bertz CT molecular complexity index is 784. The van der Waals surface area contributed by atoms with Crippen LogP contribution in [0, 0.1) is 11.3 Å². The molecule has 0 saturated carbocycles. The van der Waals surface area contributed by atoms with E-state index in [1.165, 1.54) is 15.9 Å². The van der Waals surface area contributed by atoms with Gasteiger partial charge < -0.3 is 0 Å². The molecule has 24 heavy (non-hydrogen) atoms. The van der Waals surface area contributed by atoms with Crippen LogP contribution in [0.2, 0.25) is 0 Å². The van der Waals surface area contributed by atoms with Crippen LogP contribution in [0.4, 0.5) is 0 Å². The van der Waals surface area contributed by atoms with E-state index < -0.39 is 5.31 Å². The summed E-state index contributed by atoms with van der Waals surface area (Å²) in [7, 11) is 0. The van der Waals surface area contributed by atoms with Crippen molar-refractivity contribution in [2.24, 2.45) is 0 Å². The van der Waals surface area contributed by atoms with Crippen LogP contribution in [0.5, 0.6) is 0 Å². The number of halogens is 1. The molecule has 1 nitrogen and oxygen atoms in total. The molecule has 0 spiro atoms. The Morgan fingerprint density at radius 3 is 1.29 bits per heavy atom. The average molecular weight is 394 g/mol. The first-order valence-corrected chi connectivity index (χ1v) is 12.0. The van der Waals surface area contributed by atoms with Crippen LogP contribution in [-0.4, -0.2) is 0 Å². The van der Waals surface area contributed by atoms with Crippen LogP contribution in [0.15, 0.2) is 103 Å². The normalized spacial score (nSPS) is 13.1. The third-order valence-electron chi connectivity index (χ3n) is 4.21. The molecule has 0 saturated heterocycles. The van der Waals surface area contributed by atoms with Crippen LogP contribution in [-0.2, 0) is 0 Å². The molecule has 0 unspecified atom stereocenters. The van der Waals surface area contributed by atoms with Gasteiger partial charge in [-0.1, -0.05) is 0 Å². The van der Waals surface area contributed by atoms with E-state index in [9.17, 15) is 5.26 Å². The topological polar surface area (TPSA) is 23.8 Å². The first kappa shape index (κ1) is 16.7. The average Bonchev–Trinajstić information content (AvgIpc) is 2.68. The van der Waals surface area contributed by atoms with Crippen LogP contribution in [0.1, 0.15) is 0 Å². The fourth-order valence-corrected chi connectivity index (χ4v) is 9.54. The first-order valence-electron chi connectivity index (χ1n) is 7.68. The van der Waals surface area contributed by atoms with E-state index in [1.807, 2.05) is 54.6 Å². The molecule has 3 aromatic carbocycles. The summed E-state index contributed by atoms with van der Waals surface area (Å²) in [6, 6.07) is 33.3. The monoisotopic (exact) mass is 393 g/mol. The summed E-state index contributed by atoms with van der Waals surface area (Å²) in [4.78, 5) is 0. The molecule has 0 aromatic heterocycles. The maximum atomic E-state index is 9.25. The third kappa shape index (κ3) is 2.61. The van der Waals surface area contributed by atoms with E-state index in [-0.39, 0.29) is 0 Å². The molecule has 3 rings (SSSR count). The van der Waals surface area contributed by atoms with Gasteiger partial charge in [0.05, 0.1) is 0 Å². The van der Waals surface area contributed by atoms with E-state index in [2.05, 4.69) is 63.8 Å². The molecule has 0 heterocycles. The Kier molecular flexibility index (Phi) is 4.67. The summed E-state index contributed by atoms with van der Waals surface area (Å²) >= 11 is 4.21. The summed E-state index contributed by atoms with van der Waals surface area (Å²) in [6.07, 6.45) is 1.60. The molecule has 0 bridgehead atoms. The van der Waals surface area contributed by atoms with Gasteiger partial charge in [-0.2, -0.15) is 0 Å². The van der Waals surface area contributed by atoms with Gasteiger partial charge >= 0.3 is 151 Å². The van der Waals surface area contributed by atoms with Crippen molar-refractivity contribution in [1.82, 2.24) is 0 Å². The molecule has 0 N–H and O–H groups in total. The van der Waals surface area contributed by atoms with Gasteiger partial charge in [0.25, 0.3) is 0 Å². The molecule has 0 atom stereocenters. The van der Waals surface area contributed by atoms with Gasteiger partial charge in [0.2, 0.25) is 0 Å². The molecule has 0 radical (unpaired) electrons. The fourth-order valence-electron chi connectivity index (χ4n) is 3.04. The van der Waals surface area contributed by atoms with Crippen LogP contribution in [0.25, 0.3) is 0 Å². The molecule has 3 heteroatoms. The van der Waals surface area contributed by atoms with Crippen molar-refractivity contribution >= 4 is 36.7 Å². The molecule has 0 fully saturated rings. The van der Waals surface area contributed by atoms with Crippen molar-refractivity contribution in [1.29, 1.82) is 5.26 Å². The van der Waals surface area contributed by atoms with Gasteiger partial charge in [-0.05, 0) is 0 Å². The molecular formula is C21H17BrNP. The minimum atomic E-state index is -3.04. The Hall–Kier alpha value is -2.20. The summed E-state index contributed by atoms with van der Waals surface area (Å²) in [5.74, 6) is 2.06. The summed E-state index contributed by atoms with van der Waals surface area (Å²) in [6.45, 7) is 0. The van der Waals surface area contributed by atoms with E-state index in [1.54, 1.807) is 6.08 Å². The number of allylic oxidation sites excluding steroid dienone is 1. The Labute approximate surface area is 150 Å². The number of hydrogen-bond acceptors (Lipinski definition) is 1. The summed E-state index contributed by atoms with van der Waals surface area (Å²) in [5.41, 5.74) is 0. The van der Waals surface area contributed by atoms with E-state index in [4.69, 9.17) is 0 Å². The van der Waals surface area contributed by atoms with Crippen LogP contribution >= 0.6 is 20.8 Å². The van der Waals surface area contributed by atoms with Crippen molar-refractivity contribution in [3.63, 3.8) is 0 Å². The third-order valence-corrected chi connectivity index (χ3v) is 13.2. The van der Waals surface area contributed by atoms with Crippen LogP contribution in [0.3, 0.4) is 0 Å². The van der Waals surface area contributed by atoms with E-state index in [0.29, 0.717) is 0 Å². The van der Waals surface area contributed by atoms with E-state index >= 15 is 0 Å². The number of benzene rings is 3. The minimum absolute atomic E-state index is 1.17. The predicted molar refractivity (Wildman–Crippen MR) is 109 cm³/mol. The van der Waals surface area contributed by atoms with Crippen molar-refractivity contribution in [3.05, 3.63) is 103 Å². The number of nitriles is 1. The standard InChI is InChI=1S/C21H17BrNP/c22-24(18-10-17-23,19-11-4-1-5-12-19,20-13-6-2-7-14-20)21-15-8-3-9-16-21/h1-16,18H. The summed E-state index contributed by atoms with van der Waals surface area (Å²) in [5, 5.41) is 9.73. The van der Waals surface area contributed by atoms with Gasteiger partial charge in [0.1, 0.15) is 0 Å². The molecule has 3 aromatic rings. The summed E-state index contributed by atoms with van der Waals surface area (Å²) < 4.78 is 0. The predicted octanol–water partition coefficient (Wildman–Crippen LogP) is 4.86. The second kappa shape index (κ2) is 6.73. The zero-order valence-corrected chi connectivity index (χ0v) is 15.6. The quantitative estimate of drug-likeness (QED) is 0.458. The number of rotatable bonds is 4. The van der Waals surface area contributed by atoms with Crippen molar-refractivity contribution < 1.29 is 0 Å². The maximum absolute atomic E-state index is 9.25. The first-order chi connectivity index (χ1) is 11.7. The number of nitrogens with zero attached hydrogens (tertiary/aromatic N) is 1. The SMILES string of the molecule is N#CC=CP(Br)(c1ccccc1)(c1ccccc1)c1ccccc1. The molecule has 0 aliphatic rings. The molecule has 0 aliphatic carbocycles. The Morgan fingerprint density at radius 2 is 1.00 bits per heavy atom. The molecular weight excluding hydrogens is 377 g/mol. The van der Waals surface area contributed by atoms with Crippen LogP contribution < -0.4 is 15.9 Å². The Morgan fingerprint density at radius 1 is 0.667 bits per heavy atom. The zero-order valence-electron chi connectivity index (χ0n) is 13.1. The van der Waals surface area contributed by atoms with Gasteiger partial charge in [-0.15, -0.1) is 0 Å². The van der Waals surface area contributed by atoms with E-state index in [0.717, 1.165) is 0 Å². The molecule has 0 amide bonds. The van der Waals surface area contributed by atoms with Crippen molar-refractivity contribution in [2.75, 3.05) is 0 Å². The van der Waals surface area contributed by atoms with Gasteiger partial charge in [0, 0.05) is 0 Å². The fraction of sp³-hybridized carbons (Fsp3) is 0. The zero-order chi connectivity index (χ0) is 16.9. The van der Waals surface area contributed by atoms with Crippen molar-refractivity contribution in [2.45, 2.75) is 0 Å². The number of hydrogen-bond donors (Lipinski definition) is 0. The van der Waals surface area contributed by atoms with Crippen molar-refractivity contribution in [3.8, 4) is 6.07 Å². The Balaban J connectivity index is 2.48.